The van der Waals surface area contributed by atoms with Gasteiger partial charge >= 0.3 is 5.97 Å². The molecular weight excluding hydrogens is 406 g/mol. The summed E-state index contributed by atoms with van der Waals surface area (Å²) < 4.78 is 0. The maximum Gasteiger partial charge on any atom is 0.325 e. The van der Waals surface area contributed by atoms with Gasteiger partial charge in [-0.3, -0.25) is 24.0 Å². The average Bonchev–Trinajstić information content (AvgIpc) is 2.67. The van der Waals surface area contributed by atoms with Gasteiger partial charge in [-0.15, -0.1) is 0 Å². The van der Waals surface area contributed by atoms with Gasteiger partial charge in [0.05, 0.1) is 6.04 Å². The van der Waals surface area contributed by atoms with Crippen LogP contribution in [0.1, 0.15) is 60.3 Å². The SMILES string of the molecule is CCC(C)C(NC(=O)C(N)CC(C)C)C(=O)NC(CCC(N)=O)C(=O)NC(C)C(=O)O. The molecule has 178 valence electrons. The number of carbonyl (C=O) groups is 5. The van der Waals surface area contributed by atoms with E-state index in [0.29, 0.717) is 12.8 Å². The fourth-order valence-corrected chi connectivity index (χ4v) is 2.77. The van der Waals surface area contributed by atoms with Crippen LogP contribution in [0, 0.1) is 11.8 Å². The quantitative estimate of drug-likeness (QED) is 0.203. The van der Waals surface area contributed by atoms with Gasteiger partial charge in [-0.2, -0.15) is 0 Å². The molecule has 0 radical (unpaired) electrons. The zero-order valence-electron chi connectivity index (χ0n) is 18.9. The second-order valence-corrected chi connectivity index (χ2v) is 8.24. The van der Waals surface area contributed by atoms with Crippen LogP contribution in [0.5, 0.6) is 0 Å². The molecule has 0 saturated carbocycles. The summed E-state index contributed by atoms with van der Waals surface area (Å²) in [6.45, 7) is 8.73. The standard InChI is InChI=1S/C20H37N5O6/c1-6-11(4)16(25-17(27)13(21)9-10(2)3)19(29)24-14(7-8-15(22)26)18(28)23-12(5)20(30)31/h10-14,16H,6-9,21H2,1-5H3,(H2,22,26)(H,23,28)(H,24,29)(H,25,27)(H,30,31). The highest BCUT2D eigenvalue weighted by atomic mass is 16.4. The highest BCUT2D eigenvalue weighted by Crippen LogP contribution is 2.11. The minimum atomic E-state index is -1.25. The molecular formula is C20H37N5O6. The third kappa shape index (κ3) is 10.8. The molecule has 11 nitrogen and oxygen atoms in total. The molecule has 0 spiro atoms. The van der Waals surface area contributed by atoms with Crippen molar-refractivity contribution >= 4 is 29.6 Å². The maximum absolute atomic E-state index is 12.9. The van der Waals surface area contributed by atoms with E-state index in [1.165, 1.54) is 6.92 Å². The average molecular weight is 444 g/mol. The van der Waals surface area contributed by atoms with Crippen LogP contribution in [0.3, 0.4) is 0 Å². The summed E-state index contributed by atoms with van der Waals surface area (Å²) >= 11 is 0. The molecule has 0 heterocycles. The van der Waals surface area contributed by atoms with Crippen LogP contribution in [-0.2, 0) is 24.0 Å². The van der Waals surface area contributed by atoms with Gasteiger partial charge in [-0.25, -0.2) is 0 Å². The van der Waals surface area contributed by atoms with Crippen LogP contribution in [0.25, 0.3) is 0 Å². The highest BCUT2D eigenvalue weighted by molar-refractivity contribution is 5.94. The Hall–Kier alpha value is -2.69. The molecule has 11 heteroatoms. The van der Waals surface area contributed by atoms with E-state index in [1.54, 1.807) is 6.92 Å². The molecule has 0 aromatic carbocycles. The molecule has 0 bridgehead atoms. The zero-order chi connectivity index (χ0) is 24.3. The van der Waals surface area contributed by atoms with Crippen molar-refractivity contribution in [3.05, 3.63) is 0 Å². The molecule has 0 aliphatic carbocycles. The third-order valence-electron chi connectivity index (χ3n) is 4.90. The summed E-state index contributed by atoms with van der Waals surface area (Å²) in [6.07, 6.45) is 0.691. The summed E-state index contributed by atoms with van der Waals surface area (Å²) in [6, 6.07) is -4.14. The molecule has 4 amide bonds. The number of hydrogen-bond donors (Lipinski definition) is 6. The van der Waals surface area contributed by atoms with Gasteiger partial charge < -0.3 is 32.5 Å². The number of carboxylic acid groups (broad SMARTS) is 1. The lowest BCUT2D eigenvalue weighted by molar-refractivity contribution is -0.142. The Bertz CT molecular complexity index is 654. The second-order valence-electron chi connectivity index (χ2n) is 8.24. The van der Waals surface area contributed by atoms with Gasteiger partial charge in [0.15, 0.2) is 0 Å². The lowest BCUT2D eigenvalue weighted by Gasteiger charge is -2.28. The predicted molar refractivity (Wildman–Crippen MR) is 114 cm³/mol. The molecule has 8 N–H and O–H groups in total. The Morgan fingerprint density at radius 3 is 1.94 bits per heavy atom. The summed E-state index contributed by atoms with van der Waals surface area (Å²) in [5.74, 6) is -3.89. The third-order valence-corrected chi connectivity index (χ3v) is 4.90. The van der Waals surface area contributed by atoms with E-state index >= 15 is 0 Å². The van der Waals surface area contributed by atoms with Gasteiger partial charge in [0.2, 0.25) is 23.6 Å². The summed E-state index contributed by atoms with van der Waals surface area (Å²) in [5, 5.41) is 16.4. The molecule has 31 heavy (non-hydrogen) atoms. The first-order valence-electron chi connectivity index (χ1n) is 10.5. The fraction of sp³-hybridized carbons (Fsp3) is 0.750. The molecule has 0 fully saturated rings. The lowest BCUT2D eigenvalue weighted by atomic mass is 9.96. The Kier molecular flexibility index (Phi) is 12.4. The number of primary amides is 1. The minimum absolute atomic E-state index is 0.118. The molecule has 0 rings (SSSR count). The van der Waals surface area contributed by atoms with E-state index in [1.807, 2.05) is 20.8 Å². The Morgan fingerprint density at radius 2 is 1.48 bits per heavy atom. The first kappa shape index (κ1) is 28.3. The smallest absolute Gasteiger partial charge is 0.325 e. The largest absolute Gasteiger partial charge is 0.480 e. The monoisotopic (exact) mass is 443 g/mol. The van der Waals surface area contributed by atoms with Crippen molar-refractivity contribution < 1.29 is 29.1 Å². The molecule has 0 aromatic rings. The summed E-state index contributed by atoms with van der Waals surface area (Å²) in [5.41, 5.74) is 11.0. The van der Waals surface area contributed by atoms with E-state index in [-0.39, 0.29) is 24.7 Å². The van der Waals surface area contributed by atoms with Gasteiger partial charge in [0.25, 0.3) is 0 Å². The number of nitrogens with one attached hydrogen (secondary N) is 3. The molecule has 5 atom stereocenters. The Morgan fingerprint density at radius 1 is 0.903 bits per heavy atom. The zero-order valence-corrected chi connectivity index (χ0v) is 18.9. The van der Waals surface area contributed by atoms with Crippen LogP contribution < -0.4 is 27.4 Å². The Balaban J connectivity index is 5.45. The van der Waals surface area contributed by atoms with Crippen LogP contribution in [0.4, 0.5) is 0 Å². The van der Waals surface area contributed by atoms with E-state index in [2.05, 4.69) is 16.0 Å². The number of carbonyl (C=O) groups excluding carboxylic acids is 4. The van der Waals surface area contributed by atoms with Crippen LogP contribution in [0.15, 0.2) is 0 Å². The number of nitrogens with two attached hydrogens (primary N) is 2. The van der Waals surface area contributed by atoms with Crippen molar-refractivity contribution in [2.24, 2.45) is 23.3 Å². The van der Waals surface area contributed by atoms with E-state index < -0.39 is 53.8 Å². The van der Waals surface area contributed by atoms with Crippen molar-refractivity contribution in [1.82, 2.24) is 16.0 Å². The predicted octanol–water partition coefficient (Wildman–Crippen LogP) is -0.770. The number of rotatable bonds is 14. The van der Waals surface area contributed by atoms with Crippen molar-refractivity contribution in [1.29, 1.82) is 0 Å². The van der Waals surface area contributed by atoms with Gasteiger partial charge in [0, 0.05) is 6.42 Å². The number of aliphatic carboxylic acids is 1. The normalized spacial score (nSPS) is 15.8. The van der Waals surface area contributed by atoms with Gasteiger partial charge in [-0.1, -0.05) is 34.1 Å². The van der Waals surface area contributed by atoms with Crippen molar-refractivity contribution in [2.45, 2.75) is 84.5 Å². The topological polar surface area (TPSA) is 194 Å². The van der Waals surface area contributed by atoms with Crippen molar-refractivity contribution in [2.75, 3.05) is 0 Å². The van der Waals surface area contributed by atoms with Crippen molar-refractivity contribution in [3.63, 3.8) is 0 Å². The fourth-order valence-electron chi connectivity index (χ4n) is 2.77. The Labute approximate surface area is 183 Å². The summed E-state index contributed by atoms with van der Waals surface area (Å²) in [7, 11) is 0. The second kappa shape index (κ2) is 13.6. The first-order valence-corrected chi connectivity index (χ1v) is 10.5. The van der Waals surface area contributed by atoms with Gasteiger partial charge in [-0.05, 0) is 31.6 Å². The molecule has 0 aromatic heterocycles. The van der Waals surface area contributed by atoms with E-state index in [9.17, 15) is 24.0 Å². The minimum Gasteiger partial charge on any atom is -0.480 e. The lowest BCUT2D eigenvalue weighted by Crippen LogP contribution is -2.58. The number of carboxylic acids is 1. The van der Waals surface area contributed by atoms with E-state index in [0.717, 1.165) is 0 Å². The van der Waals surface area contributed by atoms with E-state index in [4.69, 9.17) is 16.6 Å². The first-order chi connectivity index (χ1) is 14.3. The number of amides is 4. The van der Waals surface area contributed by atoms with Crippen LogP contribution >= 0.6 is 0 Å². The molecule has 5 unspecified atom stereocenters. The van der Waals surface area contributed by atoms with Crippen LogP contribution in [-0.4, -0.2) is 58.9 Å². The van der Waals surface area contributed by atoms with Gasteiger partial charge in [0.1, 0.15) is 18.1 Å². The molecule has 0 aliphatic rings. The highest BCUT2D eigenvalue weighted by Gasteiger charge is 2.32. The van der Waals surface area contributed by atoms with Crippen LogP contribution in [0.2, 0.25) is 0 Å². The summed E-state index contributed by atoms with van der Waals surface area (Å²) in [4.78, 5) is 60.0. The molecule has 0 aliphatic heterocycles. The molecule has 0 saturated heterocycles. The number of hydrogen-bond acceptors (Lipinski definition) is 6. The van der Waals surface area contributed by atoms with Crippen molar-refractivity contribution in [3.8, 4) is 0 Å². The maximum atomic E-state index is 12.9.